The molecular weight excluding hydrogens is 338 g/mol. The zero-order valence-corrected chi connectivity index (χ0v) is 13.3. The number of nitrogens with zero attached hydrogens (tertiary/aromatic N) is 2. The number of aliphatic hydroxyl groups is 1. The highest BCUT2D eigenvalue weighted by Gasteiger charge is 2.19. The van der Waals surface area contributed by atoms with Crippen LogP contribution in [0.25, 0.3) is 21.6 Å². The third kappa shape index (κ3) is 3.12. The largest absolute Gasteiger partial charge is 0.480 e. The standard InChI is InChI=1S/C15H12ClN3O3S/c16-9-5-6-23-12(9)14-17-10-4-2-1-3-8(10)13(19-14)18-11(7-20)15(21)22/h1-6,11,20H,7H2,(H,21,22)(H,17,18,19). The third-order valence-corrected chi connectivity index (χ3v) is 4.55. The lowest BCUT2D eigenvalue weighted by molar-refractivity contribution is -0.138. The van der Waals surface area contributed by atoms with E-state index >= 15 is 0 Å². The number of hydrogen-bond donors (Lipinski definition) is 3. The van der Waals surface area contributed by atoms with Gasteiger partial charge in [-0.05, 0) is 23.6 Å². The molecule has 2 aromatic heterocycles. The van der Waals surface area contributed by atoms with Gasteiger partial charge in [-0.15, -0.1) is 11.3 Å². The van der Waals surface area contributed by atoms with Crippen LogP contribution in [0.2, 0.25) is 5.02 Å². The molecule has 0 amide bonds. The van der Waals surface area contributed by atoms with Crippen molar-refractivity contribution < 1.29 is 15.0 Å². The van der Waals surface area contributed by atoms with Crippen molar-refractivity contribution in [2.24, 2.45) is 0 Å². The van der Waals surface area contributed by atoms with Crippen molar-refractivity contribution in [3.05, 3.63) is 40.7 Å². The Morgan fingerprint density at radius 1 is 1.30 bits per heavy atom. The average Bonchev–Trinajstić information content (AvgIpc) is 2.98. The Hall–Kier alpha value is -2.22. The molecule has 0 fully saturated rings. The second-order valence-electron chi connectivity index (χ2n) is 4.73. The first-order chi connectivity index (χ1) is 11.1. The normalized spacial score (nSPS) is 12.3. The number of fused-ring (bicyclic) bond motifs is 1. The van der Waals surface area contributed by atoms with Gasteiger partial charge in [0.25, 0.3) is 0 Å². The van der Waals surface area contributed by atoms with Crippen LogP contribution in [0.4, 0.5) is 5.82 Å². The molecule has 3 rings (SSSR count). The number of hydrogen-bond acceptors (Lipinski definition) is 6. The van der Waals surface area contributed by atoms with Crippen molar-refractivity contribution in [2.45, 2.75) is 6.04 Å². The molecule has 1 unspecified atom stereocenters. The number of rotatable bonds is 5. The van der Waals surface area contributed by atoms with Crippen LogP contribution in [-0.2, 0) is 4.79 Å². The molecule has 2 heterocycles. The Labute approximate surface area is 140 Å². The van der Waals surface area contributed by atoms with Crippen molar-refractivity contribution in [1.29, 1.82) is 0 Å². The van der Waals surface area contributed by atoms with Crippen LogP contribution in [-0.4, -0.2) is 38.8 Å². The molecule has 1 atom stereocenters. The third-order valence-electron chi connectivity index (χ3n) is 3.22. The summed E-state index contributed by atoms with van der Waals surface area (Å²) in [6.07, 6.45) is 0. The van der Waals surface area contributed by atoms with E-state index in [0.717, 1.165) is 0 Å². The smallest absolute Gasteiger partial charge is 0.328 e. The summed E-state index contributed by atoms with van der Waals surface area (Å²) in [5.41, 5.74) is 0.659. The second kappa shape index (κ2) is 6.49. The number of aliphatic carboxylic acids is 1. The van der Waals surface area contributed by atoms with Gasteiger partial charge in [-0.1, -0.05) is 23.7 Å². The summed E-state index contributed by atoms with van der Waals surface area (Å²) in [6, 6.07) is 7.83. The monoisotopic (exact) mass is 349 g/mol. The number of carboxylic acids is 1. The SMILES string of the molecule is O=C(O)C(CO)Nc1nc(-c2sccc2Cl)nc2ccccc12. The number of thiophene rings is 1. The summed E-state index contributed by atoms with van der Waals surface area (Å²) >= 11 is 7.54. The van der Waals surface area contributed by atoms with Gasteiger partial charge in [-0.3, -0.25) is 0 Å². The number of halogens is 1. The lowest BCUT2D eigenvalue weighted by atomic mass is 10.2. The number of benzene rings is 1. The summed E-state index contributed by atoms with van der Waals surface area (Å²) in [5.74, 6) is -0.407. The quantitative estimate of drug-likeness (QED) is 0.655. The molecule has 0 aliphatic rings. The van der Waals surface area contributed by atoms with E-state index < -0.39 is 18.6 Å². The molecule has 6 nitrogen and oxygen atoms in total. The van der Waals surface area contributed by atoms with Crippen molar-refractivity contribution >= 4 is 45.6 Å². The van der Waals surface area contributed by atoms with E-state index in [1.165, 1.54) is 11.3 Å². The fraction of sp³-hybridized carbons (Fsp3) is 0.133. The number of carbonyl (C=O) groups is 1. The van der Waals surface area contributed by atoms with E-state index in [9.17, 15) is 9.90 Å². The Morgan fingerprint density at radius 3 is 2.74 bits per heavy atom. The maximum absolute atomic E-state index is 11.2. The van der Waals surface area contributed by atoms with Gasteiger partial charge in [0, 0.05) is 5.39 Å². The van der Waals surface area contributed by atoms with Crippen molar-refractivity contribution in [2.75, 3.05) is 11.9 Å². The molecule has 0 aliphatic heterocycles. The minimum absolute atomic E-state index is 0.344. The lowest BCUT2D eigenvalue weighted by Gasteiger charge is -2.15. The molecule has 3 aromatic rings. The van der Waals surface area contributed by atoms with E-state index in [2.05, 4.69) is 15.3 Å². The van der Waals surface area contributed by atoms with Crippen LogP contribution in [0.3, 0.4) is 0 Å². The highest BCUT2D eigenvalue weighted by molar-refractivity contribution is 7.14. The van der Waals surface area contributed by atoms with Crippen molar-refractivity contribution in [3.63, 3.8) is 0 Å². The van der Waals surface area contributed by atoms with E-state index in [1.54, 1.807) is 12.1 Å². The molecule has 118 valence electrons. The molecule has 3 N–H and O–H groups in total. The lowest BCUT2D eigenvalue weighted by Crippen LogP contribution is -2.33. The summed E-state index contributed by atoms with van der Waals surface area (Å²) in [4.78, 5) is 20.7. The zero-order valence-electron chi connectivity index (χ0n) is 11.7. The molecule has 0 aliphatic carbocycles. The van der Waals surface area contributed by atoms with E-state index in [0.29, 0.717) is 32.4 Å². The van der Waals surface area contributed by atoms with E-state index in [1.807, 2.05) is 23.6 Å². The minimum Gasteiger partial charge on any atom is -0.480 e. The molecular formula is C15H12ClN3O3S. The van der Waals surface area contributed by atoms with E-state index in [4.69, 9.17) is 16.7 Å². The summed E-state index contributed by atoms with van der Waals surface area (Å²) < 4.78 is 0. The summed E-state index contributed by atoms with van der Waals surface area (Å²) in [5, 5.41) is 24.1. The molecule has 8 heteroatoms. The van der Waals surface area contributed by atoms with Gasteiger partial charge in [0.1, 0.15) is 11.9 Å². The van der Waals surface area contributed by atoms with Gasteiger partial charge >= 0.3 is 5.97 Å². The first kappa shape index (κ1) is 15.7. The van der Waals surface area contributed by atoms with Crippen LogP contribution in [0, 0.1) is 0 Å². The maximum Gasteiger partial charge on any atom is 0.328 e. The van der Waals surface area contributed by atoms with Gasteiger partial charge in [0.05, 0.1) is 22.0 Å². The molecule has 23 heavy (non-hydrogen) atoms. The Kier molecular flexibility index (Phi) is 4.42. The summed E-state index contributed by atoms with van der Waals surface area (Å²) in [6.45, 7) is -0.553. The van der Waals surface area contributed by atoms with Crippen LogP contribution < -0.4 is 5.32 Å². The van der Waals surface area contributed by atoms with Crippen LogP contribution >= 0.6 is 22.9 Å². The highest BCUT2D eigenvalue weighted by atomic mass is 35.5. The second-order valence-corrected chi connectivity index (χ2v) is 6.05. The van der Waals surface area contributed by atoms with Gasteiger partial charge in [0.2, 0.25) is 0 Å². The maximum atomic E-state index is 11.2. The summed E-state index contributed by atoms with van der Waals surface area (Å²) in [7, 11) is 0. The highest BCUT2D eigenvalue weighted by Crippen LogP contribution is 2.33. The van der Waals surface area contributed by atoms with E-state index in [-0.39, 0.29) is 0 Å². The Bertz CT molecular complexity index is 868. The van der Waals surface area contributed by atoms with Crippen LogP contribution in [0.15, 0.2) is 35.7 Å². The first-order valence-corrected chi connectivity index (χ1v) is 7.96. The zero-order chi connectivity index (χ0) is 16.4. The van der Waals surface area contributed by atoms with Crippen molar-refractivity contribution in [1.82, 2.24) is 9.97 Å². The fourth-order valence-electron chi connectivity index (χ4n) is 2.09. The molecule has 0 saturated carbocycles. The molecule has 0 radical (unpaired) electrons. The van der Waals surface area contributed by atoms with Gasteiger partial charge < -0.3 is 15.5 Å². The number of aromatic nitrogens is 2. The minimum atomic E-state index is -1.16. The topological polar surface area (TPSA) is 95.3 Å². The Balaban J connectivity index is 2.15. The number of carboxylic acid groups (broad SMARTS) is 1. The predicted octanol–water partition coefficient (Wildman–Crippen LogP) is 2.87. The van der Waals surface area contributed by atoms with Gasteiger partial charge in [-0.25, -0.2) is 14.8 Å². The number of para-hydroxylation sites is 1. The molecule has 0 bridgehead atoms. The molecule has 0 spiro atoms. The number of aliphatic hydroxyl groups excluding tert-OH is 1. The van der Waals surface area contributed by atoms with Gasteiger partial charge in [-0.2, -0.15) is 0 Å². The van der Waals surface area contributed by atoms with Crippen molar-refractivity contribution in [3.8, 4) is 10.7 Å². The van der Waals surface area contributed by atoms with Crippen LogP contribution in [0.5, 0.6) is 0 Å². The predicted molar refractivity (Wildman–Crippen MR) is 90.0 cm³/mol. The number of nitrogens with one attached hydrogen (secondary N) is 1. The van der Waals surface area contributed by atoms with Crippen LogP contribution in [0.1, 0.15) is 0 Å². The number of anilines is 1. The fourth-order valence-corrected chi connectivity index (χ4v) is 3.17. The first-order valence-electron chi connectivity index (χ1n) is 6.70. The molecule has 0 saturated heterocycles. The average molecular weight is 350 g/mol. The molecule has 1 aromatic carbocycles. The van der Waals surface area contributed by atoms with Gasteiger partial charge in [0.15, 0.2) is 5.82 Å². The Morgan fingerprint density at radius 2 is 2.09 bits per heavy atom.